The average molecular weight is 359 g/mol. The SMILES string of the molecule is NC(=O)C1CCN(C(=O)CNCc2ccc(OC(F)(F)F)cc2)CC1. The summed E-state index contributed by atoms with van der Waals surface area (Å²) in [4.78, 5) is 24.8. The summed E-state index contributed by atoms with van der Waals surface area (Å²) in [6.07, 6.45) is -3.57. The first-order valence-corrected chi connectivity index (χ1v) is 7.87. The molecule has 0 bridgehead atoms. The van der Waals surface area contributed by atoms with Crippen molar-refractivity contribution < 1.29 is 27.5 Å². The monoisotopic (exact) mass is 359 g/mol. The Labute approximate surface area is 143 Å². The van der Waals surface area contributed by atoms with Gasteiger partial charge in [-0.25, -0.2) is 0 Å². The molecule has 1 aliphatic heterocycles. The molecular weight excluding hydrogens is 339 g/mol. The number of nitrogens with one attached hydrogen (secondary N) is 1. The molecule has 1 aliphatic rings. The minimum Gasteiger partial charge on any atom is -0.406 e. The van der Waals surface area contributed by atoms with Crippen molar-refractivity contribution in [3.63, 3.8) is 0 Å². The number of carbonyl (C=O) groups is 2. The fourth-order valence-electron chi connectivity index (χ4n) is 2.65. The van der Waals surface area contributed by atoms with E-state index in [1.54, 1.807) is 4.90 Å². The van der Waals surface area contributed by atoms with Crippen LogP contribution in [0.25, 0.3) is 0 Å². The minimum atomic E-state index is -4.71. The van der Waals surface area contributed by atoms with E-state index in [2.05, 4.69) is 10.1 Å². The fraction of sp³-hybridized carbons (Fsp3) is 0.500. The fourth-order valence-corrected chi connectivity index (χ4v) is 2.65. The van der Waals surface area contributed by atoms with Gasteiger partial charge in [0, 0.05) is 25.6 Å². The number of rotatable bonds is 6. The average Bonchev–Trinajstić information content (AvgIpc) is 2.55. The summed E-state index contributed by atoms with van der Waals surface area (Å²) < 4.78 is 40.0. The van der Waals surface area contributed by atoms with Crippen molar-refractivity contribution in [2.24, 2.45) is 11.7 Å². The number of benzene rings is 1. The van der Waals surface area contributed by atoms with Crippen LogP contribution in [0.5, 0.6) is 5.75 Å². The number of hydrogen-bond donors (Lipinski definition) is 2. The third kappa shape index (κ3) is 6.26. The molecule has 0 atom stereocenters. The van der Waals surface area contributed by atoms with E-state index < -0.39 is 6.36 Å². The van der Waals surface area contributed by atoms with Crippen LogP contribution in [0.1, 0.15) is 18.4 Å². The van der Waals surface area contributed by atoms with Crippen LogP contribution in [0.3, 0.4) is 0 Å². The lowest BCUT2D eigenvalue weighted by atomic mass is 9.96. The number of nitrogens with zero attached hydrogens (tertiary/aromatic N) is 1. The first-order chi connectivity index (χ1) is 11.7. The molecule has 1 saturated heterocycles. The molecule has 9 heteroatoms. The molecule has 138 valence electrons. The predicted octanol–water partition coefficient (Wildman–Crippen LogP) is 1.40. The van der Waals surface area contributed by atoms with Crippen molar-refractivity contribution in [2.75, 3.05) is 19.6 Å². The molecule has 3 N–H and O–H groups in total. The van der Waals surface area contributed by atoms with Gasteiger partial charge in [0.15, 0.2) is 0 Å². The topological polar surface area (TPSA) is 84.7 Å². The van der Waals surface area contributed by atoms with Gasteiger partial charge in [-0.3, -0.25) is 9.59 Å². The van der Waals surface area contributed by atoms with Crippen molar-refractivity contribution in [3.05, 3.63) is 29.8 Å². The number of hydrogen-bond acceptors (Lipinski definition) is 4. The summed E-state index contributed by atoms with van der Waals surface area (Å²) in [7, 11) is 0. The van der Waals surface area contributed by atoms with E-state index in [9.17, 15) is 22.8 Å². The molecule has 0 unspecified atom stereocenters. The van der Waals surface area contributed by atoms with Crippen LogP contribution in [0, 0.1) is 5.92 Å². The zero-order valence-corrected chi connectivity index (χ0v) is 13.5. The highest BCUT2D eigenvalue weighted by atomic mass is 19.4. The number of likely N-dealkylation sites (tertiary alicyclic amines) is 1. The first kappa shape index (κ1) is 19.0. The number of primary amides is 1. The Hall–Kier alpha value is -2.29. The standard InChI is InChI=1S/C16H20F3N3O3/c17-16(18,19)25-13-3-1-11(2-4-13)9-21-10-14(23)22-7-5-12(6-8-22)15(20)24/h1-4,12,21H,5-10H2,(H2,20,24). The Morgan fingerprint density at radius 3 is 2.32 bits per heavy atom. The van der Waals surface area contributed by atoms with Crippen LogP contribution in [0.4, 0.5) is 13.2 Å². The quantitative estimate of drug-likeness (QED) is 0.804. The highest BCUT2D eigenvalue weighted by Gasteiger charge is 2.31. The normalized spacial score (nSPS) is 15.9. The van der Waals surface area contributed by atoms with E-state index in [1.165, 1.54) is 24.3 Å². The Kier molecular flexibility index (Phi) is 6.24. The van der Waals surface area contributed by atoms with Crippen molar-refractivity contribution in [1.29, 1.82) is 0 Å². The van der Waals surface area contributed by atoms with Gasteiger partial charge in [0.05, 0.1) is 6.54 Å². The molecule has 1 aromatic rings. The number of nitrogens with two attached hydrogens (primary N) is 1. The van der Waals surface area contributed by atoms with Crippen molar-refractivity contribution in [3.8, 4) is 5.75 Å². The number of ether oxygens (including phenoxy) is 1. The van der Waals surface area contributed by atoms with Gasteiger partial charge in [-0.05, 0) is 30.5 Å². The van der Waals surface area contributed by atoms with Gasteiger partial charge in [0.2, 0.25) is 11.8 Å². The smallest absolute Gasteiger partial charge is 0.406 e. The van der Waals surface area contributed by atoms with Crippen LogP contribution in [-0.2, 0) is 16.1 Å². The van der Waals surface area contributed by atoms with E-state index in [0.717, 1.165) is 5.56 Å². The summed E-state index contributed by atoms with van der Waals surface area (Å²) in [5, 5.41) is 2.95. The Morgan fingerprint density at radius 2 is 1.80 bits per heavy atom. The molecule has 1 fully saturated rings. The molecule has 0 spiro atoms. The van der Waals surface area contributed by atoms with Gasteiger partial charge in [-0.15, -0.1) is 13.2 Å². The molecular formula is C16H20F3N3O3. The summed E-state index contributed by atoms with van der Waals surface area (Å²) in [5.74, 6) is -0.873. The number of piperidine rings is 1. The third-order valence-corrected chi connectivity index (χ3v) is 4.01. The van der Waals surface area contributed by atoms with Crippen molar-refractivity contribution in [2.45, 2.75) is 25.7 Å². The molecule has 0 aliphatic carbocycles. The van der Waals surface area contributed by atoms with Gasteiger partial charge < -0.3 is 20.7 Å². The van der Waals surface area contributed by atoms with E-state index in [0.29, 0.717) is 32.5 Å². The van der Waals surface area contributed by atoms with Gasteiger partial charge in [0.25, 0.3) is 0 Å². The van der Waals surface area contributed by atoms with Crippen molar-refractivity contribution >= 4 is 11.8 Å². The highest BCUT2D eigenvalue weighted by Crippen LogP contribution is 2.22. The minimum absolute atomic E-state index is 0.0834. The molecule has 0 radical (unpaired) electrons. The van der Waals surface area contributed by atoms with Crippen LogP contribution in [-0.4, -0.2) is 42.7 Å². The van der Waals surface area contributed by atoms with E-state index in [4.69, 9.17) is 5.73 Å². The van der Waals surface area contributed by atoms with E-state index in [-0.39, 0.29) is 30.0 Å². The van der Waals surface area contributed by atoms with Crippen LogP contribution < -0.4 is 15.8 Å². The highest BCUT2D eigenvalue weighted by molar-refractivity contribution is 5.80. The predicted molar refractivity (Wildman–Crippen MR) is 83.3 cm³/mol. The Balaban J connectivity index is 1.72. The Bertz CT molecular complexity index is 597. The zero-order valence-electron chi connectivity index (χ0n) is 13.5. The van der Waals surface area contributed by atoms with E-state index >= 15 is 0 Å². The number of amides is 2. The van der Waals surface area contributed by atoms with Gasteiger partial charge in [-0.1, -0.05) is 12.1 Å². The number of alkyl halides is 3. The maximum absolute atomic E-state index is 12.1. The van der Waals surface area contributed by atoms with Gasteiger partial charge in [0.1, 0.15) is 5.75 Å². The maximum atomic E-state index is 12.1. The lowest BCUT2D eigenvalue weighted by Gasteiger charge is -2.30. The molecule has 25 heavy (non-hydrogen) atoms. The zero-order chi connectivity index (χ0) is 18.4. The molecule has 1 aromatic carbocycles. The van der Waals surface area contributed by atoms with Crippen LogP contribution >= 0.6 is 0 Å². The van der Waals surface area contributed by atoms with E-state index in [1.807, 2.05) is 0 Å². The summed E-state index contributed by atoms with van der Waals surface area (Å²) in [6.45, 7) is 1.45. The second-order valence-electron chi connectivity index (χ2n) is 5.85. The summed E-state index contributed by atoms with van der Waals surface area (Å²) in [6, 6.07) is 5.44. The summed E-state index contributed by atoms with van der Waals surface area (Å²) >= 11 is 0. The Morgan fingerprint density at radius 1 is 1.20 bits per heavy atom. The first-order valence-electron chi connectivity index (χ1n) is 7.87. The lowest BCUT2D eigenvalue weighted by molar-refractivity contribution is -0.274. The van der Waals surface area contributed by atoms with Crippen LogP contribution in [0.2, 0.25) is 0 Å². The molecule has 2 rings (SSSR count). The molecule has 2 amide bonds. The van der Waals surface area contributed by atoms with Crippen LogP contribution in [0.15, 0.2) is 24.3 Å². The molecule has 1 heterocycles. The second kappa shape index (κ2) is 8.19. The third-order valence-electron chi connectivity index (χ3n) is 4.01. The molecule has 6 nitrogen and oxygen atoms in total. The second-order valence-corrected chi connectivity index (χ2v) is 5.85. The number of carbonyl (C=O) groups excluding carboxylic acids is 2. The molecule has 0 aromatic heterocycles. The molecule has 0 saturated carbocycles. The van der Waals surface area contributed by atoms with Gasteiger partial charge >= 0.3 is 6.36 Å². The lowest BCUT2D eigenvalue weighted by Crippen LogP contribution is -2.44. The maximum Gasteiger partial charge on any atom is 0.573 e. The van der Waals surface area contributed by atoms with Gasteiger partial charge in [-0.2, -0.15) is 0 Å². The number of halogens is 3. The van der Waals surface area contributed by atoms with Crippen molar-refractivity contribution in [1.82, 2.24) is 10.2 Å². The summed E-state index contributed by atoms with van der Waals surface area (Å²) in [5.41, 5.74) is 5.98. The largest absolute Gasteiger partial charge is 0.573 e.